The number of unbranched alkanes of at least 4 members (excludes halogenated alkanes) is 12. The predicted octanol–water partition coefficient (Wildman–Crippen LogP) is 11.1. The number of carbonyl (C=O) groups excluding carboxylic acids is 2. The minimum absolute atomic E-state index is 0. The summed E-state index contributed by atoms with van der Waals surface area (Å²) in [6, 6.07) is 0. The van der Waals surface area contributed by atoms with E-state index in [1.165, 1.54) is 77.0 Å². The van der Waals surface area contributed by atoms with Crippen LogP contribution in [-0.4, -0.2) is 71.2 Å². The van der Waals surface area contributed by atoms with Gasteiger partial charge in [-0.1, -0.05) is 171 Å². The molecule has 0 aliphatic rings. The van der Waals surface area contributed by atoms with Crippen LogP contribution in [0.15, 0.2) is 24.3 Å². The molecule has 0 aliphatic heterocycles. The summed E-state index contributed by atoms with van der Waals surface area (Å²) in [5.74, 6) is -2.70. The van der Waals surface area contributed by atoms with Crippen molar-refractivity contribution >= 4 is 47.8 Å². The molecule has 0 aliphatic carbocycles. The van der Waals surface area contributed by atoms with Gasteiger partial charge in [-0.15, -0.1) is 0 Å². The Labute approximate surface area is 318 Å². The quantitative estimate of drug-likeness (QED) is 0.0383. The molecule has 0 aromatic carbocycles. The van der Waals surface area contributed by atoms with Gasteiger partial charge in [0.1, 0.15) is 0 Å². The number of esters is 2. The Bertz CT molecular complexity index is 706. The van der Waals surface area contributed by atoms with Gasteiger partial charge in [-0.2, -0.15) is 0 Å². The van der Waals surface area contributed by atoms with E-state index in [9.17, 15) is 19.2 Å². The number of carbonyl (C=O) groups is 4. The molecule has 288 valence electrons. The summed E-state index contributed by atoms with van der Waals surface area (Å²) in [7, 11) is 0. The molecular weight excluding hydrogens is 727 g/mol. The molecule has 0 saturated carbocycles. The van der Waals surface area contributed by atoms with E-state index in [1.54, 1.807) is 0 Å². The third-order valence-corrected chi connectivity index (χ3v) is 7.65. The molecular formula is C40H76O8Sn. The Kier molecular flexibility index (Phi) is 55.7. The van der Waals surface area contributed by atoms with Crippen molar-refractivity contribution in [2.45, 2.75) is 184 Å². The normalized spacial score (nSPS) is 11.4. The van der Waals surface area contributed by atoms with Crippen molar-refractivity contribution in [1.29, 1.82) is 0 Å². The first kappa shape index (κ1) is 56.5. The molecule has 0 aromatic heterocycles. The van der Waals surface area contributed by atoms with Crippen LogP contribution in [0.3, 0.4) is 0 Å². The van der Waals surface area contributed by atoms with Gasteiger partial charge < -0.3 is 19.7 Å². The number of rotatable bonds is 26. The second kappa shape index (κ2) is 48.3. The molecule has 8 nitrogen and oxygen atoms in total. The summed E-state index contributed by atoms with van der Waals surface area (Å²) in [5, 5.41) is 16.6. The van der Waals surface area contributed by atoms with Gasteiger partial charge in [-0.25, -0.2) is 19.2 Å². The van der Waals surface area contributed by atoms with Gasteiger partial charge >= 0.3 is 23.9 Å². The summed E-state index contributed by atoms with van der Waals surface area (Å²) in [6.07, 6.45) is 29.0. The summed E-state index contributed by atoms with van der Waals surface area (Å²) >= 11 is 0. The summed E-state index contributed by atoms with van der Waals surface area (Å²) in [5.41, 5.74) is 0. The molecule has 49 heavy (non-hydrogen) atoms. The topological polar surface area (TPSA) is 127 Å². The van der Waals surface area contributed by atoms with Gasteiger partial charge in [-0.05, 0) is 24.7 Å². The number of carboxylic acids is 2. The number of carboxylic acid groups (broad SMARTS) is 2. The molecule has 0 fully saturated rings. The fourth-order valence-corrected chi connectivity index (χ4v) is 4.28. The molecule has 0 saturated heterocycles. The number of hydrogen-bond acceptors (Lipinski definition) is 6. The van der Waals surface area contributed by atoms with Crippen LogP contribution in [0.1, 0.15) is 184 Å². The number of ether oxygens (including phenoxy) is 2. The van der Waals surface area contributed by atoms with Crippen molar-refractivity contribution < 1.29 is 38.9 Å². The largest absolute Gasteiger partial charge is 0.478 e. The molecule has 0 bridgehead atoms. The van der Waals surface area contributed by atoms with Gasteiger partial charge in [0, 0.05) is 48.2 Å². The van der Waals surface area contributed by atoms with E-state index in [0.29, 0.717) is 25.0 Å². The van der Waals surface area contributed by atoms with Gasteiger partial charge in [0.15, 0.2) is 0 Å². The number of hydrogen-bond donors (Lipinski definition) is 2. The van der Waals surface area contributed by atoms with Crippen LogP contribution in [0.2, 0.25) is 0 Å². The van der Waals surface area contributed by atoms with Gasteiger partial charge in [0.05, 0.1) is 13.2 Å². The molecule has 2 unspecified atom stereocenters. The molecule has 9 heteroatoms. The van der Waals surface area contributed by atoms with Gasteiger partial charge in [0.2, 0.25) is 0 Å². The van der Waals surface area contributed by atoms with Crippen LogP contribution in [-0.2, 0) is 28.7 Å². The molecule has 0 aromatic rings. The van der Waals surface area contributed by atoms with E-state index >= 15 is 0 Å². The zero-order valence-corrected chi connectivity index (χ0v) is 35.7. The molecule has 2 atom stereocenters. The van der Waals surface area contributed by atoms with E-state index < -0.39 is 23.9 Å². The monoisotopic (exact) mass is 804 g/mol. The van der Waals surface area contributed by atoms with Crippen LogP contribution in [0.25, 0.3) is 0 Å². The van der Waals surface area contributed by atoms with E-state index in [-0.39, 0.29) is 23.9 Å². The molecule has 0 heterocycles. The third kappa shape index (κ3) is 55.8. The van der Waals surface area contributed by atoms with Crippen LogP contribution in [0.4, 0.5) is 0 Å². The average molecular weight is 804 g/mol. The fourth-order valence-electron chi connectivity index (χ4n) is 4.28. The van der Waals surface area contributed by atoms with Crippen LogP contribution < -0.4 is 0 Å². The first-order valence-electron chi connectivity index (χ1n) is 19.2. The minimum Gasteiger partial charge on any atom is -0.478 e. The van der Waals surface area contributed by atoms with Crippen LogP contribution >= 0.6 is 0 Å². The van der Waals surface area contributed by atoms with Crippen molar-refractivity contribution in [3.63, 3.8) is 0 Å². The van der Waals surface area contributed by atoms with E-state index in [2.05, 4.69) is 55.4 Å². The maximum Gasteiger partial charge on any atom is 0.331 e. The van der Waals surface area contributed by atoms with Crippen molar-refractivity contribution in [2.75, 3.05) is 13.2 Å². The SMILES string of the molecule is CCCCC(CC)COC(=O)/C=C/C(=O)O.CCCCC(CC)COC(=O)/C=C/C(=O)O.CCCCCCCC.CCCCCCCC.[Sn]. The zero-order chi connectivity index (χ0) is 37.3. The standard InChI is InChI=1S/2C12H20O4.2C8H18.Sn/c2*1-3-5-6-10(4-2)9-16-12(15)8-7-11(13)14;2*1-3-5-7-8-6-4-2;/h2*7-8,10H,3-6,9H2,1-2H3,(H,13,14);2*3-8H2,1-2H3;/b2*8-7+;;;. The summed E-state index contributed by atoms with van der Waals surface area (Å²) in [6.45, 7) is 18.1. The molecule has 0 amide bonds. The summed E-state index contributed by atoms with van der Waals surface area (Å²) < 4.78 is 9.91. The van der Waals surface area contributed by atoms with Crippen molar-refractivity contribution in [3.05, 3.63) is 24.3 Å². The Morgan fingerprint density at radius 3 is 0.918 bits per heavy atom. The Hall–Kier alpha value is -1.84. The molecule has 2 N–H and O–H groups in total. The van der Waals surface area contributed by atoms with Gasteiger partial charge in [-0.3, -0.25) is 0 Å². The number of aliphatic carboxylic acids is 2. The second-order valence-electron chi connectivity index (χ2n) is 12.3. The minimum atomic E-state index is -1.14. The molecule has 0 rings (SSSR count). The van der Waals surface area contributed by atoms with E-state index in [0.717, 1.165) is 75.7 Å². The van der Waals surface area contributed by atoms with Crippen molar-refractivity contribution in [3.8, 4) is 0 Å². The Balaban J connectivity index is -0.000000183. The Morgan fingerprint density at radius 1 is 0.449 bits per heavy atom. The maximum atomic E-state index is 11.1. The van der Waals surface area contributed by atoms with Crippen LogP contribution in [0, 0.1) is 11.8 Å². The third-order valence-electron chi connectivity index (χ3n) is 7.65. The average Bonchev–Trinajstić information content (AvgIpc) is 3.08. The first-order valence-corrected chi connectivity index (χ1v) is 19.2. The smallest absolute Gasteiger partial charge is 0.331 e. The maximum absolute atomic E-state index is 11.1. The predicted molar refractivity (Wildman–Crippen MR) is 206 cm³/mol. The first-order chi connectivity index (χ1) is 23.0. The van der Waals surface area contributed by atoms with Crippen LogP contribution in [0.5, 0.6) is 0 Å². The van der Waals surface area contributed by atoms with Gasteiger partial charge in [0.25, 0.3) is 0 Å². The van der Waals surface area contributed by atoms with Crippen molar-refractivity contribution in [1.82, 2.24) is 0 Å². The molecule has 0 spiro atoms. The molecule has 4 radical (unpaired) electrons. The van der Waals surface area contributed by atoms with E-state index in [1.807, 2.05) is 0 Å². The zero-order valence-electron chi connectivity index (χ0n) is 32.9. The fraction of sp³-hybridized carbons (Fsp3) is 0.800. The van der Waals surface area contributed by atoms with E-state index in [4.69, 9.17) is 19.7 Å². The summed E-state index contributed by atoms with van der Waals surface area (Å²) in [4.78, 5) is 42.4. The van der Waals surface area contributed by atoms with Crippen molar-refractivity contribution in [2.24, 2.45) is 11.8 Å². The Morgan fingerprint density at radius 2 is 0.714 bits per heavy atom. The second-order valence-corrected chi connectivity index (χ2v) is 12.3.